The second-order valence-electron chi connectivity index (χ2n) is 4.73. The maximum Gasteiger partial charge on any atom is 0.128 e. The third-order valence-electron chi connectivity index (χ3n) is 3.27. The van der Waals surface area contributed by atoms with Crippen molar-refractivity contribution >= 4 is 11.8 Å². The lowest BCUT2D eigenvalue weighted by atomic mass is 9.94. The molecule has 0 heterocycles. The van der Waals surface area contributed by atoms with Crippen molar-refractivity contribution in [3.8, 4) is 0 Å². The molecule has 1 atom stereocenters. The maximum atomic E-state index is 14.1. The minimum absolute atomic E-state index is 0.223. The van der Waals surface area contributed by atoms with E-state index in [1.807, 2.05) is 50.4 Å². The molecule has 2 rings (SSSR count). The lowest BCUT2D eigenvalue weighted by Crippen LogP contribution is -2.15. The number of rotatable bonds is 3. The fourth-order valence-corrected chi connectivity index (χ4v) is 2.71. The fraction of sp³-hybridized carbons (Fsp3) is 0.250. The Hall–Kier alpha value is -1.32. The summed E-state index contributed by atoms with van der Waals surface area (Å²) in [4.78, 5) is 1.18. The average molecular weight is 275 g/mol. The lowest BCUT2D eigenvalue weighted by Gasteiger charge is -2.17. The number of benzene rings is 2. The summed E-state index contributed by atoms with van der Waals surface area (Å²) in [6.45, 7) is 3.79. The van der Waals surface area contributed by atoms with E-state index in [9.17, 15) is 4.39 Å². The Balaban J connectivity index is 2.40. The minimum atomic E-state index is -0.420. The Morgan fingerprint density at radius 2 is 1.74 bits per heavy atom. The summed E-state index contributed by atoms with van der Waals surface area (Å²) in [6.07, 6.45) is 2.03. The highest BCUT2D eigenvalue weighted by Gasteiger charge is 2.16. The Morgan fingerprint density at radius 1 is 1.11 bits per heavy atom. The van der Waals surface area contributed by atoms with Gasteiger partial charge in [0, 0.05) is 10.5 Å². The van der Waals surface area contributed by atoms with Gasteiger partial charge in [0.2, 0.25) is 0 Å². The van der Waals surface area contributed by atoms with Crippen LogP contribution in [0.5, 0.6) is 0 Å². The van der Waals surface area contributed by atoms with Crippen LogP contribution in [0.4, 0.5) is 4.39 Å². The van der Waals surface area contributed by atoms with Crippen molar-refractivity contribution in [3.05, 3.63) is 64.5 Å². The second-order valence-corrected chi connectivity index (χ2v) is 5.61. The Kier molecular flexibility index (Phi) is 4.27. The summed E-state index contributed by atoms with van der Waals surface area (Å²) in [6, 6.07) is 11.1. The van der Waals surface area contributed by atoms with Crippen molar-refractivity contribution in [1.82, 2.24) is 0 Å². The van der Waals surface area contributed by atoms with E-state index in [1.165, 1.54) is 4.90 Å². The van der Waals surface area contributed by atoms with Crippen LogP contribution in [0.3, 0.4) is 0 Å². The predicted octanol–water partition coefficient (Wildman–Crippen LogP) is 4.21. The number of hydrogen-bond acceptors (Lipinski definition) is 2. The molecule has 0 aliphatic rings. The zero-order chi connectivity index (χ0) is 14.0. The standard InChI is InChI=1S/C16H18FNS/c1-10-8-11(2)15(14(17)9-10)16(18)12-4-6-13(19-3)7-5-12/h4-9,16H,18H2,1-3H3. The van der Waals surface area contributed by atoms with E-state index in [-0.39, 0.29) is 5.82 Å². The zero-order valence-corrected chi connectivity index (χ0v) is 12.2. The van der Waals surface area contributed by atoms with Crippen molar-refractivity contribution in [2.75, 3.05) is 6.26 Å². The van der Waals surface area contributed by atoms with Gasteiger partial charge in [0.15, 0.2) is 0 Å². The van der Waals surface area contributed by atoms with Crippen LogP contribution >= 0.6 is 11.8 Å². The van der Waals surface area contributed by atoms with Gasteiger partial charge >= 0.3 is 0 Å². The monoisotopic (exact) mass is 275 g/mol. The van der Waals surface area contributed by atoms with Crippen LogP contribution in [-0.4, -0.2) is 6.26 Å². The zero-order valence-electron chi connectivity index (χ0n) is 11.4. The van der Waals surface area contributed by atoms with Gasteiger partial charge in [-0.15, -0.1) is 11.8 Å². The summed E-state index contributed by atoms with van der Waals surface area (Å²) in [7, 11) is 0. The summed E-state index contributed by atoms with van der Waals surface area (Å²) < 4.78 is 14.1. The molecule has 100 valence electrons. The molecule has 0 fully saturated rings. The van der Waals surface area contributed by atoms with E-state index < -0.39 is 6.04 Å². The molecule has 2 aromatic carbocycles. The number of thioether (sulfide) groups is 1. The SMILES string of the molecule is CSc1ccc(C(N)c2c(C)cc(C)cc2F)cc1. The van der Waals surface area contributed by atoms with Gasteiger partial charge in [-0.2, -0.15) is 0 Å². The molecule has 0 radical (unpaired) electrons. The molecule has 3 heteroatoms. The van der Waals surface area contributed by atoms with E-state index in [0.29, 0.717) is 5.56 Å². The molecule has 0 saturated carbocycles. The van der Waals surface area contributed by atoms with Crippen LogP contribution in [0.25, 0.3) is 0 Å². The summed E-state index contributed by atoms with van der Waals surface area (Å²) in [5, 5.41) is 0. The van der Waals surface area contributed by atoms with Crippen molar-refractivity contribution in [2.24, 2.45) is 5.73 Å². The first kappa shape index (κ1) is 14.1. The first-order chi connectivity index (χ1) is 9.02. The van der Waals surface area contributed by atoms with Crippen LogP contribution in [0.1, 0.15) is 28.3 Å². The highest BCUT2D eigenvalue weighted by Crippen LogP contribution is 2.27. The molecule has 0 amide bonds. The molecule has 0 aromatic heterocycles. The quantitative estimate of drug-likeness (QED) is 0.849. The molecule has 1 nitrogen and oxygen atoms in total. The van der Waals surface area contributed by atoms with E-state index in [0.717, 1.165) is 16.7 Å². The van der Waals surface area contributed by atoms with Crippen molar-refractivity contribution < 1.29 is 4.39 Å². The van der Waals surface area contributed by atoms with Crippen molar-refractivity contribution in [3.63, 3.8) is 0 Å². The molecular weight excluding hydrogens is 257 g/mol. The second kappa shape index (κ2) is 5.76. The van der Waals surface area contributed by atoms with Gasteiger partial charge in [-0.05, 0) is 55.0 Å². The van der Waals surface area contributed by atoms with Gasteiger partial charge in [-0.3, -0.25) is 0 Å². The Morgan fingerprint density at radius 3 is 2.26 bits per heavy atom. The Labute approximate surface area is 118 Å². The smallest absolute Gasteiger partial charge is 0.128 e. The summed E-state index contributed by atoms with van der Waals surface area (Å²) in [5.74, 6) is -0.223. The van der Waals surface area contributed by atoms with E-state index >= 15 is 0 Å². The molecule has 19 heavy (non-hydrogen) atoms. The average Bonchev–Trinajstić information content (AvgIpc) is 2.37. The summed E-state index contributed by atoms with van der Waals surface area (Å²) in [5.41, 5.74) is 9.55. The normalized spacial score (nSPS) is 12.5. The van der Waals surface area contributed by atoms with Gasteiger partial charge in [-0.25, -0.2) is 4.39 Å². The first-order valence-electron chi connectivity index (χ1n) is 6.19. The first-order valence-corrected chi connectivity index (χ1v) is 7.41. The van der Waals surface area contributed by atoms with Crippen LogP contribution in [0.2, 0.25) is 0 Å². The molecule has 2 N–H and O–H groups in total. The highest BCUT2D eigenvalue weighted by atomic mass is 32.2. The molecule has 0 spiro atoms. The van der Waals surface area contributed by atoms with Gasteiger partial charge in [0.25, 0.3) is 0 Å². The van der Waals surface area contributed by atoms with Crippen molar-refractivity contribution in [1.29, 1.82) is 0 Å². The van der Waals surface area contributed by atoms with E-state index in [1.54, 1.807) is 17.8 Å². The minimum Gasteiger partial charge on any atom is -0.320 e. The summed E-state index contributed by atoms with van der Waals surface area (Å²) >= 11 is 1.68. The highest BCUT2D eigenvalue weighted by molar-refractivity contribution is 7.98. The largest absolute Gasteiger partial charge is 0.320 e. The van der Waals surface area contributed by atoms with Gasteiger partial charge in [-0.1, -0.05) is 18.2 Å². The van der Waals surface area contributed by atoms with E-state index in [4.69, 9.17) is 5.73 Å². The predicted molar refractivity (Wildman–Crippen MR) is 80.1 cm³/mol. The maximum absolute atomic E-state index is 14.1. The lowest BCUT2D eigenvalue weighted by molar-refractivity contribution is 0.596. The topological polar surface area (TPSA) is 26.0 Å². The van der Waals surface area contributed by atoms with Crippen molar-refractivity contribution in [2.45, 2.75) is 24.8 Å². The molecular formula is C16H18FNS. The number of aryl methyl sites for hydroxylation is 2. The van der Waals surface area contributed by atoms with Gasteiger partial charge in [0.1, 0.15) is 5.82 Å². The van der Waals surface area contributed by atoms with Crippen LogP contribution in [0, 0.1) is 19.7 Å². The van der Waals surface area contributed by atoms with Gasteiger partial charge in [0.05, 0.1) is 6.04 Å². The van der Waals surface area contributed by atoms with E-state index in [2.05, 4.69) is 0 Å². The third-order valence-corrected chi connectivity index (χ3v) is 4.01. The molecule has 1 unspecified atom stereocenters. The number of halogens is 1. The van der Waals surface area contributed by atoms with Crippen LogP contribution in [0.15, 0.2) is 41.3 Å². The molecule has 2 aromatic rings. The number of nitrogens with two attached hydrogens (primary N) is 1. The van der Waals surface area contributed by atoms with Gasteiger partial charge < -0.3 is 5.73 Å². The Bertz CT molecular complexity index is 555. The molecule has 0 aliphatic heterocycles. The van der Waals surface area contributed by atoms with Crippen LogP contribution < -0.4 is 5.73 Å². The fourth-order valence-electron chi connectivity index (χ4n) is 2.30. The number of hydrogen-bond donors (Lipinski definition) is 1. The molecule has 0 aliphatic carbocycles. The molecule has 0 bridgehead atoms. The molecule has 0 saturated heterocycles. The van der Waals surface area contributed by atoms with Crippen LogP contribution in [-0.2, 0) is 0 Å². The third kappa shape index (κ3) is 2.99.